The van der Waals surface area contributed by atoms with Gasteiger partial charge in [0.25, 0.3) is 0 Å². The zero-order valence-corrected chi connectivity index (χ0v) is 12.5. The molecule has 0 amide bonds. The molecule has 0 radical (unpaired) electrons. The monoisotopic (exact) mass is 272 g/mol. The summed E-state index contributed by atoms with van der Waals surface area (Å²) in [4.78, 5) is 14.9. The smallest absolute Gasteiger partial charge is 0.317 e. The standard InChI is InChI=1S/C14H28N2O3/c1-4-12(5-2)8-16-6-7-19-13(10-16)9-15(3)11-14(17)18/h12-13H,4-11H2,1-3H3,(H,17,18). The molecule has 0 aliphatic carbocycles. The Morgan fingerprint density at radius 1 is 1.47 bits per heavy atom. The molecule has 1 unspecified atom stereocenters. The molecule has 1 heterocycles. The highest BCUT2D eigenvalue weighted by Gasteiger charge is 2.23. The van der Waals surface area contributed by atoms with Gasteiger partial charge in [-0.15, -0.1) is 0 Å². The number of aliphatic carboxylic acids is 1. The fourth-order valence-corrected chi connectivity index (χ4v) is 2.61. The predicted molar refractivity (Wildman–Crippen MR) is 75.4 cm³/mol. The lowest BCUT2D eigenvalue weighted by atomic mass is 10.0. The van der Waals surface area contributed by atoms with Crippen LogP contribution in [-0.4, -0.2) is 73.4 Å². The summed E-state index contributed by atoms with van der Waals surface area (Å²) in [5.41, 5.74) is 0. The van der Waals surface area contributed by atoms with Crippen LogP contribution in [0, 0.1) is 5.92 Å². The number of ether oxygens (including phenoxy) is 1. The summed E-state index contributed by atoms with van der Waals surface area (Å²) < 4.78 is 5.73. The second-order valence-corrected chi connectivity index (χ2v) is 5.53. The van der Waals surface area contributed by atoms with E-state index in [0.29, 0.717) is 6.54 Å². The quantitative estimate of drug-likeness (QED) is 0.718. The van der Waals surface area contributed by atoms with E-state index in [1.165, 1.54) is 12.8 Å². The lowest BCUT2D eigenvalue weighted by molar-refractivity contribution is -0.138. The van der Waals surface area contributed by atoms with Crippen LogP contribution in [0.3, 0.4) is 0 Å². The first-order valence-electron chi connectivity index (χ1n) is 7.29. The van der Waals surface area contributed by atoms with E-state index in [1.54, 1.807) is 0 Å². The number of carboxylic acid groups (broad SMARTS) is 1. The Bertz CT molecular complexity index is 269. The molecule has 19 heavy (non-hydrogen) atoms. The number of likely N-dealkylation sites (N-methyl/N-ethyl adjacent to an activating group) is 1. The molecule has 0 bridgehead atoms. The van der Waals surface area contributed by atoms with Gasteiger partial charge in [-0.1, -0.05) is 26.7 Å². The van der Waals surface area contributed by atoms with Crippen molar-refractivity contribution < 1.29 is 14.6 Å². The molecule has 1 atom stereocenters. The van der Waals surface area contributed by atoms with E-state index in [4.69, 9.17) is 9.84 Å². The van der Waals surface area contributed by atoms with Gasteiger partial charge in [0.05, 0.1) is 19.3 Å². The summed E-state index contributed by atoms with van der Waals surface area (Å²) in [5, 5.41) is 8.76. The van der Waals surface area contributed by atoms with Crippen LogP contribution >= 0.6 is 0 Å². The molecular formula is C14H28N2O3. The molecule has 0 saturated carbocycles. The van der Waals surface area contributed by atoms with Crippen LogP contribution in [0.1, 0.15) is 26.7 Å². The summed E-state index contributed by atoms with van der Waals surface area (Å²) in [6, 6.07) is 0. The topological polar surface area (TPSA) is 53.0 Å². The van der Waals surface area contributed by atoms with E-state index in [1.807, 2.05) is 11.9 Å². The molecule has 1 fully saturated rings. The second kappa shape index (κ2) is 8.51. The molecule has 0 aromatic carbocycles. The van der Waals surface area contributed by atoms with Crippen LogP contribution in [0.4, 0.5) is 0 Å². The molecule has 0 spiro atoms. The van der Waals surface area contributed by atoms with E-state index in [9.17, 15) is 4.79 Å². The lowest BCUT2D eigenvalue weighted by Crippen LogP contribution is -2.48. The molecule has 1 saturated heterocycles. The number of hydrogen-bond donors (Lipinski definition) is 1. The van der Waals surface area contributed by atoms with Gasteiger partial charge in [-0.3, -0.25) is 14.6 Å². The van der Waals surface area contributed by atoms with Gasteiger partial charge in [0.15, 0.2) is 0 Å². The third kappa shape index (κ3) is 6.36. The van der Waals surface area contributed by atoms with E-state index in [2.05, 4.69) is 18.7 Å². The molecule has 0 aromatic heterocycles. The molecule has 1 N–H and O–H groups in total. The highest BCUT2D eigenvalue weighted by atomic mass is 16.5. The largest absolute Gasteiger partial charge is 0.480 e. The Labute approximate surface area is 116 Å². The minimum absolute atomic E-state index is 0.0758. The lowest BCUT2D eigenvalue weighted by Gasteiger charge is -2.36. The molecule has 1 aliphatic rings. The van der Waals surface area contributed by atoms with E-state index in [0.717, 1.165) is 32.2 Å². The van der Waals surface area contributed by atoms with Crippen LogP contribution < -0.4 is 0 Å². The van der Waals surface area contributed by atoms with Crippen molar-refractivity contribution in [1.29, 1.82) is 0 Å². The van der Waals surface area contributed by atoms with Gasteiger partial charge >= 0.3 is 5.97 Å². The van der Waals surface area contributed by atoms with Crippen molar-refractivity contribution in [1.82, 2.24) is 9.80 Å². The number of rotatable bonds is 8. The Morgan fingerprint density at radius 2 is 2.16 bits per heavy atom. The van der Waals surface area contributed by atoms with Crippen LogP contribution in [0.5, 0.6) is 0 Å². The van der Waals surface area contributed by atoms with Crippen molar-refractivity contribution in [3.8, 4) is 0 Å². The molecular weight excluding hydrogens is 244 g/mol. The van der Waals surface area contributed by atoms with Crippen molar-refractivity contribution in [2.45, 2.75) is 32.8 Å². The van der Waals surface area contributed by atoms with Crippen molar-refractivity contribution in [2.24, 2.45) is 5.92 Å². The SMILES string of the molecule is CCC(CC)CN1CCOC(CN(C)CC(=O)O)C1. The maximum absolute atomic E-state index is 10.6. The number of carbonyl (C=O) groups is 1. The maximum Gasteiger partial charge on any atom is 0.317 e. The van der Waals surface area contributed by atoms with Crippen molar-refractivity contribution in [3.63, 3.8) is 0 Å². The van der Waals surface area contributed by atoms with Gasteiger partial charge in [0.2, 0.25) is 0 Å². The predicted octanol–water partition coefficient (Wildman–Crippen LogP) is 1.14. The summed E-state index contributed by atoms with van der Waals surface area (Å²) >= 11 is 0. The van der Waals surface area contributed by atoms with E-state index in [-0.39, 0.29) is 12.6 Å². The number of nitrogens with zero attached hydrogens (tertiary/aromatic N) is 2. The second-order valence-electron chi connectivity index (χ2n) is 5.53. The number of carboxylic acids is 1. The highest BCUT2D eigenvalue weighted by molar-refractivity contribution is 5.68. The van der Waals surface area contributed by atoms with E-state index < -0.39 is 5.97 Å². The van der Waals surface area contributed by atoms with Gasteiger partial charge in [0.1, 0.15) is 0 Å². The number of morpholine rings is 1. The van der Waals surface area contributed by atoms with E-state index >= 15 is 0 Å². The maximum atomic E-state index is 10.6. The average Bonchev–Trinajstić information content (AvgIpc) is 2.35. The van der Waals surface area contributed by atoms with Crippen molar-refractivity contribution in [2.75, 3.05) is 46.4 Å². The third-order valence-corrected chi connectivity index (χ3v) is 3.81. The molecule has 112 valence electrons. The van der Waals surface area contributed by atoms with Gasteiger partial charge in [-0.2, -0.15) is 0 Å². The normalized spacial score (nSPS) is 21.2. The third-order valence-electron chi connectivity index (χ3n) is 3.81. The summed E-state index contributed by atoms with van der Waals surface area (Å²) in [5.74, 6) is -0.0253. The van der Waals surface area contributed by atoms with Gasteiger partial charge in [0, 0.05) is 26.2 Å². The Morgan fingerprint density at radius 3 is 2.74 bits per heavy atom. The average molecular weight is 272 g/mol. The fraction of sp³-hybridized carbons (Fsp3) is 0.929. The van der Waals surface area contributed by atoms with Crippen molar-refractivity contribution >= 4 is 5.97 Å². The molecule has 1 aliphatic heterocycles. The van der Waals surface area contributed by atoms with Crippen molar-refractivity contribution in [3.05, 3.63) is 0 Å². The zero-order chi connectivity index (χ0) is 14.3. The van der Waals surface area contributed by atoms with Crippen LogP contribution in [0.25, 0.3) is 0 Å². The summed E-state index contributed by atoms with van der Waals surface area (Å²) in [7, 11) is 1.83. The molecule has 0 aromatic rings. The first-order valence-corrected chi connectivity index (χ1v) is 7.29. The molecule has 5 heteroatoms. The zero-order valence-electron chi connectivity index (χ0n) is 12.5. The van der Waals surface area contributed by atoms with Gasteiger partial charge < -0.3 is 9.84 Å². The fourth-order valence-electron chi connectivity index (χ4n) is 2.61. The minimum atomic E-state index is -0.785. The summed E-state index contributed by atoms with van der Waals surface area (Å²) in [6.45, 7) is 9.05. The first-order chi connectivity index (χ1) is 9.05. The Kier molecular flexibility index (Phi) is 7.34. The van der Waals surface area contributed by atoms with Crippen LogP contribution in [0.15, 0.2) is 0 Å². The number of hydrogen-bond acceptors (Lipinski definition) is 4. The molecule has 5 nitrogen and oxygen atoms in total. The molecule has 1 rings (SSSR count). The van der Waals surface area contributed by atoms with Gasteiger partial charge in [-0.05, 0) is 13.0 Å². The van der Waals surface area contributed by atoms with Gasteiger partial charge in [-0.25, -0.2) is 0 Å². The van der Waals surface area contributed by atoms with Crippen LogP contribution in [0.2, 0.25) is 0 Å². The minimum Gasteiger partial charge on any atom is -0.480 e. The highest BCUT2D eigenvalue weighted by Crippen LogP contribution is 2.13. The first kappa shape index (κ1) is 16.4. The Balaban J connectivity index is 2.35. The van der Waals surface area contributed by atoms with Crippen LogP contribution in [-0.2, 0) is 9.53 Å². The Hall–Kier alpha value is -0.650. The summed E-state index contributed by atoms with van der Waals surface area (Å²) in [6.07, 6.45) is 2.57.